The molecule has 0 fully saturated rings. The number of thiophene rings is 3. The van der Waals surface area contributed by atoms with Gasteiger partial charge in [0.25, 0.3) is 5.00 Å². The Kier molecular flexibility index (Phi) is 6.17. The number of pyridine rings is 1. The van der Waals surface area contributed by atoms with E-state index in [9.17, 15) is 0 Å². The summed E-state index contributed by atoms with van der Waals surface area (Å²) in [4.78, 5) is 5.36. The quantitative estimate of drug-likeness (QED) is 0.452. The highest BCUT2D eigenvalue weighted by Crippen LogP contribution is 2.39. The molecule has 0 unspecified atom stereocenters. The van der Waals surface area contributed by atoms with Crippen molar-refractivity contribution in [1.29, 1.82) is 0 Å². The molecule has 0 amide bonds. The maximum atomic E-state index is 8.49. The minimum Gasteiger partial charge on any atom is -0.222 e. The predicted octanol–water partition coefficient (Wildman–Crippen LogP) is 0.726. The lowest BCUT2D eigenvalue weighted by Gasteiger charge is -2.17. The summed E-state index contributed by atoms with van der Waals surface area (Å²) in [5, 5.41) is 3.38. The van der Waals surface area contributed by atoms with Gasteiger partial charge in [-0.05, 0) is 29.6 Å². The van der Waals surface area contributed by atoms with Crippen LogP contribution in [0.2, 0.25) is 0 Å². The SMILES string of the molecule is [O-][Cl+3]([O-])([O-])[O-].c1cc[n+](-c2ccc(-c3ccc(-c4cccs4)s3)s2)cc1. The van der Waals surface area contributed by atoms with Crippen molar-refractivity contribution in [2.45, 2.75) is 0 Å². The van der Waals surface area contributed by atoms with Gasteiger partial charge in [0.05, 0.1) is 4.88 Å². The standard InChI is InChI=1S/C17H12NS3.ClHO4/c1-2-10-18(11-3-1)17-9-8-16(21-17)15-7-6-14(20-15)13-5-4-12-19-13;2-1(3,4)5/h1-12H;(H,2,3,4,5)/q+1;/p-1. The highest BCUT2D eigenvalue weighted by atomic mass is 35.7. The fourth-order valence-electron chi connectivity index (χ4n) is 2.17. The molecule has 4 heterocycles. The first-order valence-electron chi connectivity index (χ1n) is 7.22. The number of halogens is 1. The lowest BCUT2D eigenvalue weighted by Crippen LogP contribution is -2.68. The molecule has 0 spiro atoms. The molecule has 0 aliphatic carbocycles. The second-order valence-corrected chi connectivity index (χ2v) is 8.79. The van der Waals surface area contributed by atoms with E-state index in [1.807, 2.05) is 28.7 Å². The number of rotatable bonds is 3. The molecule has 0 N–H and O–H groups in total. The van der Waals surface area contributed by atoms with Crippen LogP contribution in [0.15, 0.2) is 72.4 Å². The van der Waals surface area contributed by atoms with Crippen LogP contribution in [0.4, 0.5) is 0 Å². The Morgan fingerprint density at radius 3 is 1.85 bits per heavy atom. The first-order chi connectivity index (χ1) is 12.4. The summed E-state index contributed by atoms with van der Waals surface area (Å²) < 4.78 is 36.1. The number of hydrogen-bond acceptors (Lipinski definition) is 7. The van der Waals surface area contributed by atoms with Gasteiger partial charge in [0.2, 0.25) is 0 Å². The van der Waals surface area contributed by atoms with Gasteiger partial charge < -0.3 is 0 Å². The van der Waals surface area contributed by atoms with Crippen molar-refractivity contribution in [3.8, 4) is 24.5 Å². The second-order valence-electron chi connectivity index (χ2n) is 4.94. The fraction of sp³-hybridized carbons (Fsp3) is 0. The molecule has 9 heteroatoms. The Morgan fingerprint density at radius 2 is 1.23 bits per heavy atom. The molecule has 134 valence electrons. The summed E-state index contributed by atoms with van der Waals surface area (Å²) >= 11 is 5.49. The maximum absolute atomic E-state index is 8.49. The van der Waals surface area contributed by atoms with Crippen LogP contribution in [0.25, 0.3) is 24.5 Å². The van der Waals surface area contributed by atoms with Crippen molar-refractivity contribution >= 4 is 34.0 Å². The van der Waals surface area contributed by atoms with Gasteiger partial charge in [-0.3, -0.25) is 0 Å². The van der Waals surface area contributed by atoms with Gasteiger partial charge in [0, 0.05) is 32.8 Å². The summed E-state index contributed by atoms with van der Waals surface area (Å²) in [6, 6.07) is 19.3. The smallest absolute Gasteiger partial charge is 0.222 e. The number of nitrogens with zero attached hydrogens (tertiary/aromatic N) is 1. The fourth-order valence-corrected chi connectivity index (χ4v) is 5.07. The average Bonchev–Trinajstić information content (AvgIpc) is 3.33. The van der Waals surface area contributed by atoms with E-state index in [-0.39, 0.29) is 0 Å². The molecule has 4 aromatic heterocycles. The van der Waals surface area contributed by atoms with Gasteiger partial charge in [-0.2, -0.15) is 4.57 Å². The maximum Gasteiger partial charge on any atom is 0.267 e. The molecule has 26 heavy (non-hydrogen) atoms. The topological polar surface area (TPSA) is 96.1 Å². The third-order valence-corrected chi connectivity index (χ3v) is 6.62. The van der Waals surface area contributed by atoms with Crippen LogP contribution in [0.3, 0.4) is 0 Å². The zero-order valence-corrected chi connectivity index (χ0v) is 16.3. The van der Waals surface area contributed by atoms with Crippen LogP contribution in [-0.4, -0.2) is 0 Å². The van der Waals surface area contributed by atoms with Crippen molar-refractivity contribution in [1.82, 2.24) is 0 Å². The minimum atomic E-state index is -4.94. The van der Waals surface area contributed by atoms with Gasteiger partial charge in [-0.15, -0.1) is 32.9 Å². The van der Waals surface area contributed by atoms with Crippen molar-refractivity contribution in [2.24, 2.45) is 0 Å². The van der Waals surface area contributed by atoms with Gasteiger partial charge in [0.15, 0.2) is 12.4 Å². The summed E-state index contributed by atoms with van der Waals surface area (Å²) in [5.41, 5.74) is 0. The molecule has 0 aliphatic rings. The first kappa shape index (κ1) is 19.2. The molecule has 5 nitrogen and oxygen atoms in total. The highest BCUT2D eigenvalue weighted by molar-refractivity contribution is 7.26. The Bertz CT molecular complexity index is 940. The molecule has 0 aliphatic heterocycles. The molecular formula is C17H12ClNO4S3. The third-order valence-electron chi connectivity index (χ3n) is 3.17. The van der Waals surface area contributed by atoms with Crippen LogP contribution in [0.1, 0.15) is 0 Å². The lowest BCUT2D eigenvalue weighted by atomic mass is 10.3. The second kappa shape index (κ2) is 8.38. The van der Waals surface area contributed by atoms with E-state index in [0.29, 0.717) is 0 Å². The Morgan fingerprint density at radius 1 is 0.654 bits per heavy atom. The Balaban J connectivity index is 0.000000349. The Labute approximate surface area is 164 Å². The third kappa shape index (κ3) is 5.44. The van der Waals surface area contributed by atoms with E-state index in [1.54, 1.807) is 11.3 Å². The summed E-state index contributed by atoms with van der Waals surface area (Å²) in [6.07, 6.45) is 4.17. The number of hydrogen-bond donors (Lipinski definition) is 0. The zero-order chi connectivity index (χ0) is 18.6. The predicted molar refractivity (Wildman–Crippen MR) is 92.5 cm³/mol. The van der Waals surface area contributed by atoms with E-state index in [2.05, 4.69) is 70.9 Å². The summed E-state index contributed by atoms with van der Waals surface area (Å²) in [5.74, 6) is 0. The average molecular weight is 426 g/mol. The zero-order valence-electron chi connectivity index (χ0n) is 13.1. The number of aromatic nitrogens is 1. The molecule has 4 aromatic rings. The van der Waals surface area contributed by atoms with Gasteiger partial charge in [0.1, 0.15) is 0 Å². The summed E-state index contributed by atoms with van der Waals surface area (Å²) in [7, 11) is -4.94. The molecule has 4 rings (SSSR count). The van der Waals surface area contributed by atoms with Gasteiger partial charge >= 0.3 is 0 Å². The van der Waals surface area contributed by atoms with Crippen LogP contribution < -0.4 is 23.2 Å². The van der Waals surface area contributed by atoms with Crippen molar-refractivity contribution in [3.05, 3.63) is 72.4 Å². The van der Waals surface area contributed by atoms with Crippen molar-refractivity contribution in [2.75, 3.05) is 0 Å². The van der Waals surface area contributed by atoms with Crippen molar-refractivity contribution in [3.63, 3.8) is 0 Å². The first-order valence-corrected chi connectivity index (χ1v) is 11.0. The lowest BCUT2D eigenvalue weighted by molar-refractivity contribution is -2.00. The van der Waals surface area contributed by atoms with Crippen LogP contribution >= 0.6 is 34.0 Å². The van der Waals surface area contributed by atoms with Crippen LogP contribution in [-0.2, 0) is 0 Å². The molecular weight excluding hydrogens is 414 g/mol. The van der Waals surface area contributed by atoms with Crippen LogP contribution in [0, 0.1) is 10.2 Å². The van der Waals surface area contributed by atoms with Crippen LogP contribution in [0.5, 0.6) is 0 Å². The van der Waals surface area contributed by atoms with E-state index in [1.165, 1.54) is 24.5 Å². The van der Waals surface area contributed by atoms with E-state index in [4.69, 9.17) is 18.6 Å². The molecule has 0 radical (unpaired) electrons. The highest BCUT2D eigenvalue weighted by Gasteiger charge is 2.12. The van der Waals surface area contributed by atoms with Gasteiger partial charge in [-0.25, -0.2) is 18.6 Å². The minimum absolute atomic E-state index is 1.25. The van der Waals surface area contributed by atoms with Gasteiger partial charge in [-0.1, -0.05) is 23.5 Å². The molecule has 0 saturated heterocycles. The monoisotopic (exact) mass is 425 g/mol. The summed E-state index contributed by atoms with van der Waals surface area (Å²) in [6.45, 7) is 0. The van der Waals surface area contributed by atoms with E-state index in [0.717, 1.165) is 0 Å². The Hall–Kier alpha value is -1.62. The van der Waals surface area contributed by atoms with E-state index >= 15 is 0 Å². The van der Waals surface area contributed by atoms with E-state index < -0.39 is 10.2 Å². The normalized spacial score (nSPS) is 11.1. The largest absolute Gasteiger partial charge is 0.267 e. The molecule has 0 saturated carbocycles. The molecule has 0 atom stereocenters. The molecule has 0 aromatic carbocycles. The molecule has 0 bridgehead atoms. The van der Waals surface area contributed by atoms with Crippen molar-refractivity contribution < 1.29 is 33.4 Å².